The van der Waals surface area contributed by atoms with Crippen LogP contribution in [0, 0.1) is 6.92 Å². The van der Waals surface area contributed by atoms with E-state index in [1.165, 1.54) is 0 Å². The highest BCUT2D eigenvalue weighted by molar-refractivity contribution is 5.61. The molecule has 2 aromatic rings. The van der Waals surface area contributed by atoms with Crippen molar-refractivity contribution >= 4 is 5.95 Å². The molecule has 0 saturated heterocycles. The summed E-state index contributed by atoms with van der Waals surface area (Å²) >= 11 is 0. The van der Waals surface area contributed by atoms with Gasteiger partial charge in [-0.05, 0) is 43.7 Å². The van der Waals surface area contributed by atoms with Gasteiger partial charge in [0.1, 0.15) is 5.75 Å². The number of anilines is 1. The summed E-state index contributed by atoms with van der Waals surface area (Å²) in [5, 5.41) is 3.11. The van der Waals surface area contributed by atoms with E-state index < -0.39 is 0 Å². The Kier molecular flexibility index (Phi) is 5.51. The van der Waals surface area contributed by atoms with Gasteiger partial charge in [0.05, 0.1) is 12.3 Å². The number of aryl methyl sites for hydroxylation is 1. The Bertz CT molecular complexity index is 569. The summed E-state index contributed by atoms with van der Waals surface area (Å²) in [5.41, 5.74) is 8.34. The van der Waals surface area contributed by atoms with Crippen molar-refractivity contribution in [3.8, 4) is 17.0 Å². The summed E-state index contributed by atoms with van der Waals surface area (Å²) in [4.78, 5) is 8.87. The van der Waals surface area contributed by atoms with Crippen molar-refractivity contribution in [1.29, 1.82) is 0 Å². The predicted molar refractivity (Wildman–Crippen MR) is 85.5 cm³/mol. The molecule has 0 fully saturated rings. The van der Waals surface area contributed by atoms with Gasteiger partial charge in [-0.25, -0.2) is 9.97 Å². The molecule has 5 nitrogen and oxygen atoms in total. The van der Waals surface area contributed by atoms with E-state index in [0.717, 1.165) is 35.7 Å². The minimum Gasteiger partial charge on any atom is -0.494 e. The Balaban J connectivity index is 2.18. The van der Waals surface area contributed by atoms with E-state index in [1.54, 1.807) is 0 Å². The maximum atomic E-state index is 5.59. The molecule has 21 heavy (non-hydrogen) atoms. The second kappa shape index (κ2) is 7.59. The molecule has 5 heteroatoms. The second-order valence-electron chi connectivity index (χ2n) is 4.81. The average molecular weight is 286 g/mol. The van der Waals surface area contributed by atoms with Gasteiger partial charge in [0.15, 0.2) is 0 Å². The Morgan fingerprint density at radius 1 is 1.19 bits per heavy atom. The van der Waals surface area contributed by atoms with Gasteiger partial charge in [-0.2, -0.15) is 0 Å². The number of ether oxygens (including phenoxy) is 1. The van der Waals surface area contributed by atoms with E-state index in [-0.39, 0.29) is 0 Å². The van der Waals surface area contributed by atoms with E-state index in [4.69, 9.17) is 10.5 Å². The number of nitrogens with zero attached hydrogens (tertiary/aromatic N) is 2. The fourth-order valence-corrected chi connectivity index (χ4v) is 1.92. The lowest BCUT2D eigenvalue weighted by atomic mass is 10.1. The van der Waals surface area contributed by atoms with Crippen molar-refractivity contribution in [1.82, 2.24) is 9.97 Å². The largest absolute Gasteiger partial charge is 0.494 e. The molecule has 1 aromatic heterocycles. The molecule has 0 aliphatic rings. The highest BCUT2D eigenvalue weighted by Crippen LogP contribution is 2.22. The van der Waals surface area contributed by atoms with Crippen molar-refractivity contribution in [2.75, 3.05) is 25.0 Å². The Hall–Kier alpha value is -2.14. The van der Waals surface area contributed by atoms with E-state index in [0.29, 0.717) is 19.0 Å². The summed E-state index contributed by atoms with van der Waals surface area (Å²) in [7, 11) is 0. The molecule has 0 bridgehead atoms. The lowest BCUT2D eigenvalue weighted by Crippen LogP contribution is -2.15. The molecule has 1 heterocycles. The number of nitrogens with one attached hydrogen (secondary N) is 1. The van der Waals surface area contributed by atoms with Crippen molar-refractivity contribution < 1.29 is 4.74 Å². The van der Waals surface area contributed by atoms with Crippen LogP contribution in [0.25, 0.3) is 11.3 Å². The fraction of sp³-hybridized carbons (Fsp3) is 0.375. The van der Waals surface area contributed by atoms with E-state index >= 15 is 0 Å². The number of benzene rings is 1. The van der Waals surface area contributed by atoms with Crippen LogP contribution >= 0.6 is 0 Å². The second-order valence-corrected chi connectivity index (χ2v) is 4.81. The monoisotopic (exact) mass is 286 g/mol. The van der Waals surface area contributed by atoms with E-state index in [9.17, 15) is 0 Å². The first kappa shape index (κ1) is 15.3. The molecule has 1 aromatic carbocycles. The normalized spacial score (nSPS) is 10.4. The SMILES string of the molecule is CCCOc1ccc(-c2cc(C)nc(NCCN)n2)cc1. The van der Waals surface area contributed by atoms with Gasteiger partial charge < -0.3 is 15.8 Å². The molecule has 0 atom stereocenters. The Labute approximate surface area is 125 Å². The smallest absolute Gasteiger partial charge is 0.223 e. The molecule has 0 spiro atoms. The van der Waals surface area contributed by atoms with Crippen LogP contribution in [0.1, 0.15) is 19.0 Å². The number of hydrogen-bond donors (Lipinski definition) is 2. The molecule has 0 saturated carbocycles. The minimum absolute atomic E-state index is 0.552. The van der Waals surface area contributed by atoms with Crippen LogP contribution in [-0.4, -0.2) is 29.7 Å². The van der Waals surface area contributed by atoms with Crippen LogP contribution in [0.4, 0.5) is 5.95 Å². The standard InChI is InChI=1S/C16H22N4O/c1-3-10-21-14-6-4-13(5-7-14)15-11-12(2)19-16(20-15)18-9-8-17/h4-7,11H,3,8-10,17H2,1-2H3,(H,18,19,20). The van der Waals surface area contributed by atoms with Crippen LogP contribution < -0.4 is 15.8 Å². The summed E-state index contributed by atoms with van der Waals surface area (Å²) in [6.07, 6.45) is 1.00. The lowest BCUT2D eigenvalue weighted by Gasteiger charge is -2.09. The van der Waals surface area contributed by atoms with Crippen molar-refractivity contribution in [2.24, 2.45) is 5.73 Å². The summed E-state index contributed by atoms with van der Waals surface area (Å²) in [6, 6.07) is 9.93. The first-order chi connectivity index (χ1) is 10.2. The van der Waals surface area contributed by atoms with Crippen molar-refractivity contribution in [3.63, 3.8) is 0 Å². The Morgan fingerprint density at radius 2 is 1.95 bits per heavy atom. The molecule has 112 valence electrons. The average Bonchev–Trinajstić information content (AvgIpc) is 2.51. The van der Waals surface area contributed by atoms with Crippen LogP contribution in [0.15, 0.2) is 30.3 Å². The van der Waals surface area contributed by atoms with Gasteiger partial charge in [-0.15, -0.1) is 0 Å². The molecule has 0 unspecified atom stereocenters. The van der Waals surface area contributed by atoms with Crippen LogP contribution in [0.2, 0.25) is 0 Å². The third kappa shape index (κ3) is 4.43. The van der Waals surface area contributed by atoms with E-state index in [1.807, 2.05) is 37.3 Å². The van der Waals surface area contributed by atoms with Gasteiger partial charge in [0, 0.05) is 24.3 Å². The molecule has 3 N–H and O–H groups in total. The maximum Gasteiger partial charge on any atom is 0.223 e. The third-order valence-corrected chi connectivity index (χ3v) is 2.90. The van der Waals surface area contributed by atoms with Gasteiger partial charge in [-0.3, -0.25) is 0 Å². The van der Waals surface area contributed by atoms with Gasteiger partial charge >= 0.3 is 0 Å². The number of nitrogens with two attached hydrogens (primary N) is 1. The number of hydrogen-bond acceptors (Lipinski definition) is 5. The maximum absolute atomic E-state index is 5.59. The fourth-order valence-electron chi connectivity index (χ4n) is 1.92. The molecule has 0 aliphatic heterocycles. The molecular formula is C16H22N4O. The topological polar surface area (TPSA) is 73.1 Å². The highest BCUT2D eigenvalue weighted by Gasteiger charge is 2.05. The number of rotatable bonds is 7. The summed E-state index contributed by atoms with van der Waals surface area (Å²) in [6.45, 7) is 5.99. The van der Waals surface area contributed by atoms with Crippen LogP contribution in [0.3, 0.4) is 0 Å². The van der Waals surface area contributed by atoms with Crippen LogP contribution in [0.5, 0.6) is 5.75 Å². The molecular weight excluding hydrogens is 264 g/mol. The summed E-state index contributed by atoms with van der Waals surface area (Å²) < 4.78 is 5.59. The van der Waals surface area contributed by atoms with E-state index in [2.05, 4.69) is 22.2 Å². The minimum atomic E-state index is 0.552. The third-order valence-electron chi connectivity index (χ3n) is 2.90. The van der Waals surface area contributed by atoms with Gasteiger partial charge in [0.2, 0.25) is 5.95 Å². The quantitative estimate of drug-likeness (QED) is 0.818. The lowest BCUT2D eigenvalue weighted by molar-refractivity contribution is 0.317. The zero-order valence-electron chi connectivity index (χ0n) is 12.6. The molecule has 0 aliphatic carbocycles. The van der Waals surface area contributed by atoms with Gasteiger partial charge in [0.25, 0.3) is 0 Å². The van der Waals surface area contributed by atoms with Crippen molar-refractivity contribution in [2.45, 2.75) is 20.3 Å². The molecule has 0 amide bonds. The molecule has 2 rings (SSSR count). The Morgan fingerprint density at radius 3 is 2.62 bits per heavy atom. The predicted octanol–water partition coefficient (Wildman–Crippen LogP) is 2.61. The zero-order valence-corrected chi connectivity index (χ0v) is 12.6. The van der Waals surface area contributed by atoms with Crippen molar-refractivity contribution in [3.05, 3.63) is 36.0 Å². The number of aromatic nitrogens is 2. The van der Waals surface area contributed by atoms with Gasteiger partial charge in [-0.1, -0.05) is 6.92 Å². The zero-order chi connectivity index (χ0) is 15.1. The highest BCUT2D eigenvalue weighted by atomic mass is 16.5. The molecule has 0 radical (unpaired) electrons. The first-order valence-corrected chi connectivity index (χ1v) is 7.25. The van der Waals surface area contributed by atoms with Crippen LogP contribution in [-0.2, 0) is 0 Å². The summed E-state index contributed by atoms with van der Waals surface area (Å²) in [5.74, 6) is 1.50. The first-order valence-electron chi connectivity index (χ1n) is 7.25.